The van der Waals surface area contributed by atoms with Gasteiger partial charge in [0.05, 0.1) is 0 Å². The fourth-order valence-electron chi connectivity index (χ4n) is 1.72. The van der Waals surface area contributed by atoms with Crippen LogP contribution in [-0.2, 0) is 4.79 Å². The minimum atomic E-state index is 0.265. The second kappa shape index (κ2) is 3.15. The van der Waals surface area contributed by atoms with Crippen molar-refractivity contribution >= 4 is 17.4 Å². The van der Waals surface area contributed by atoms with Gasteiger partial charge in [0, 0.05) is 10.9 Å². The van der Waals surface area contributed by atoms with Crippen molar-refractivity contribution in [2.24, 2.45) is 5.92 Å². The first kappa shape index (κ1) is 8.76. The molecule has 0 unspecified atom stereocenters. The Bertz CT molecular complexity index is 328. The standard InChI is InChI=1S/C11H11ClO/c1-7(13)10-6-11(10)8-2-4-9(12)5-3-8/h2-5,10-11H,6H2,1H3/t10-,11+/m0/s1. The van der Waals surface area contributed by atoms with Gasteiger partial charge in [-0.25, -0.2) is 0 Å². The van der Waals surface area contributed by atoms with E-state index in [1.807, 2.05) is 24.3 Å². The van der Waals surface area contributed by atoms with Gasteiger partial charge in [-0.15, -0.1) is 0 Å². The minimum absolute atomic E-state index is 0.265. The molecule has 1 aliphatic rings. The summed E-state index contributed by atoms with van der Waals surface area (Å²) in [6.07, 6.45) is 1.01. The van der Waals surface area contributed by atoms with E-state index in [4.69, 9.17) is 11.6 Å². The molecule has 1 aliphatic carbocycles. The lowest BCUT2D eigenvalue weighted by atomic mass is 10.1. The number of halogens is 1. The van der Waals surface area contributed by atoms with Crippen LogP contribution in [0.4, 0.5) is 0 Å². The lowest BCUT2D eigenvalue weighted by molar-refractivity contribution is -0.118. The lowest BCUT2D eigenvalue weighted by Gasteiger charge is -1.97. The highest BCUT2D eigenvalue weighted by molar-refractivity contribution is 6.30. The van der Waals surface area contributed by atoms with Crippen molar-refractivity contribution in [2.45, 2.75) is 19.3 Å². The highest BCUT2D eigenvalue weighted by Crippen LogP contribution is 2.47. The fraction of sp³-hybridized carbons (Fsp3) is 0.364. The van der Waals surface area contributed by atoms with Gasteiger partial charge in [0.15, 0.2) is 0 Å². The van der Waals surface area contributed by atoms with Crippen LogP contribution in [0.25, 0.3) is 0 Å². The molecule has 68 valence electrons. The SMILES string of the molecule is CC(=O)[C@@H]1C[C@@H]1c1ccc(Cl)cc1. The smallest absolute Gasteiger partial charge is 0.133 e. The van der Waals surface area contributed by atoms with Crippen LogP contribution in [0.5, 0.6) is 0 Å². The van der Waals surface area contributed by atoms with Crippen LogP contribution in [0, 0.1) is 5.92 Å². The molecule has 0 bridgehead atoms. The van der Waals surface area contributed by atoms with Gasteiger partial charge in [-0.3, -0.25) is 4.79 Å². The van der Waals surface area contributed by atoms with Crippen LogP contribution >= 0.6 is 11.6 Å². The Morgan fingerprint density at radius 2 is 2.00 bits per heavy atom. The number of hydrogen-bond donors (Lipinski definition) is 0. The third kappa shape index (κ3) is 1.75. The van der Waals surface area contributed by atoms with E-state index >= 15 is 0 Å². The van der Waals surface area contributed by atoms with Crippen LogP contribution in [0.2, 0.25) is 5.02 Å². The fourth-order valence-corrected chi connectivity index (χ4v) is 1.85. The molecule has 13 heavy (non-hydrogen) atoms. The number of benzene rings is 1. The molecule has 0 aromatic heterocycles. The summed E-state index contributed by atoms with van der Waals surface area (Å²) in [7, 11) is 0. The molecule has 0 N–H and O–H groups in total. The third-order valence-electron chi connectivity index (χ3n) is 2.61. The molecule has 1 nitrogen and oxygen atoms in total. The molecule has 1 saturated carbocycles. The Labute approximate surface area is 82.7 Å². The first-order chi connectivity index (χ1) is 6.18. The lowest BCUT2D eigenvalue weighted by Crippen LogP contribution is -1.94. The molecule has 1 aromatic carbocycles. The number of hydrogen-bond acceptors (Lipinski definition) is 1. The van der Waals surface area contributed by atoms with Crippen LogP contribution in [-0.4, -0.2) is 5.78 Å². The highest BCUT2D eigenvalue weighted by atomic mass is 35.5. The number of rotatable bonds is 2. The molecule has 0 saturated heterocycles. The first-order valence-electron chi connectivity index (χ1n) is 4.44. The summed E-state index contributed by atoms with van der Waals surface area (Å²) in [4.78, 5) is 11.0. The van der Waals surface area contributed by atoms with Gasteiger partial charge in [0.1, 0.15) is 5.78 Å². The molecule has 0 aliphatic heterocycles. The molecule has 2 atom stereocenters. The Kier molecular flexibility index (Phi) is 2.12. The average molecular weight is 195 g/mol. The van der Waals surface area contributed by atoms with Gasteiger partial charge in [-0.05, 0) is 37.0 Å². The van der Waals surface area contributed by atoms with Gasteiger partial charge >= 0.3 is 0 Å². The largest absolute Gasteiger partial charge is 0.300 e. The molecule has 0 radical (unpaired) electrons. The predicted molar refractivity (Wildman–Crippen MR) is 53.0 cm³/mol. The summed E-state index contributed by atoms with van der Waals surface area (Å²) < 4.78 is 0. The van der Waals surface area contributed by atoms with E-state index in [1.165, 1.54) is 5.56 Å². The Morgan fingerprint density at radius 1 is 1.38 bits per heavy atom. The van der Waals surface area contributed by atoms with Crippen molar-refractivity contribution in [3.05, 3.63) is 34.9 Å². The maximum absolute atomic E-state index is 11.0. The molecule has 0 amide bonds. The maximum Gasteiger partial charge on any atom is 0.133 e. The number of carbonyl (C=O) groups is 1. The Hall–Kier alpha value is -0.820. The van der Waals surface area contributed by atoms with E-state index in [1.54, 1.807) is 6.92 Å². The predicted octanol–water partition coefficient (Wildman–Crippen LogP) is 3.03. The number of ketones is 1. The van der Waals surface area contributed by atoms with Crippen LogP contribution in [0.3, 0.4) is 0 Å². The minimum Gasteiger partial charge on any atom is -0.300 e. The summed E-state index contributed by atoms with van der Waals surface area (Å²) in [6, 6.07) is 7.78. The molecule has 0 spiro atoms. The van der Waals surface area contributed by atoms with Gasteiger partial charge in [-0.1, -0.05) is 23.7 Å². The molecule has 2 rings (SSSR count). The Morgan fingerprint density at radius 3 is 2.46 bits per heavy atom. The van der Waals surface area contributed by atoms with Crippen molar-refractivity contribution in [3.63, 3.8) is 0 Å². The van der Waals surface area contributed by atoms with Crippen LogP contribution < -0.4 is 0 Å². The third-order valence-corrected chi connectivity index (χ3v) is 2.86. The topological polar surface area (TPSA) is 17.1 Å². The second-order valence-corrected chi connectivity index (χ2v) is 4.05. The summed E-state index contributed by atoms with van der Waals surface area (Å²) in [5, 5.41) is 0.753. The molecular formula is C11H11ClO. The van der Waals surface area contributed by atoms with Crippen molar-refractivity contribution in [1.82, 2.24) is 0 Å². The first-order valence-corrected chi connectivity index (χ1v) is 4.82. The van der Waals surface area contributed by atoms with Crippen molar-refractivity contribution in [1.29, 1.82) is 0 Å². The Balaban J connectivity index is 2.12. The molecule has 2 heteroatoms. The van der Waals surface area contributed by atoms with Crippen molar-refractivity contribution in [2.75, 3.05) is 0 Å². The van der Waals surface area contributed by atoms with E-state index in [-0.39, 0.29) is 5.92 Å². The van der Waals surface area contributed by atoms with E-state index < -0.39 is 0 Å². The molecule has 0 heterocycles. The molecule has 1 aromatic rings. The highest BCUT2D eigenvalue weighted by Gasteiger charge is 2.41. The second-order valence-electron chi connectivity index (χ2n) is 3.61. The average Bonchev–Trinajstić information content (AvgIpc) is 2.85. The quantitative estimate of drug-likeness (QED) is 0.708. The van der Waals surface area contributed by atoms with Crippen molar-refractivity contribution < 1.29 is 4.79 Å². The molecule has 1 fully saturated rings. The van der Waals surface area contributed by atoms with E-state index in [0.717, 1.165) is 11.4 Å². The van der Waals surface area contributed by atoms with E-state index in [9.17, 15) is 4.79 Å². The summed E-state index contributed by atoms with van der Waals surface area (Å²) in [6.45, 7) is 1.67. The zero-order valence-corrected chi connectivity index (χ0v) is 8.21. The maximum atomic E-state index is 11.0. The zero-order chi connectivity index (χ0) is 9.42. The summed E-state index contributed by atoms with van der Waals surface area (Å²) >= 11 is 5.77. The van der Waals surface area contributed by atoms with Crippen molar-refractivity contribution in [3.8, 4) is 0 Å². The van der Waals surface area contributed by atoms with Gasteiger partial charge in [0.25, 0.3) is 0 Å². The van der Waals surface area contributed by atoms with Gasteiger partial charge < -0.3 is 0 Å². The monoisotopic (exact) mass is 194 g/mol. The number of carbonyl (C=O) groups excluding carboxylic acids is 1. The summed E-state index contributed by atoms with van der Waals surface area (Å²) in [5.41, 5.74) is 1.24. The normalized spacial score (nSPS) is 25.7. The van der Waals surface area contributed by atoms with Gasteiger partial charge in [-0.2, -0.15) is 0 Å². The summed E-state index contributed by atoms with van der Waals surface area (Å²) in [5.74, 6) is 1.02. The molecular weight excluding hydrogens is 184 g/mol. The van der Waals surface area contributed by atoms with Crippen LogP contribution in [0.15, 0.2) is 24.3 Å². The van der Waals surface area contributed by atoms with E-state index in [2.05, 4.69) is 0 Å². The number of Topliss-reactive ketones (excluding diaryl/α,β-unsaturated/α-hetero) is 1. The van der Waals surface area contributed by atoms with Gasteiger partial charge in [0.2, 0.25) is 0 Å². The van der Waals surface area contributed by atoms with E-state index in [0.29, 0.717) is 11.7 Å². The van der Waals surface area contributed by atoms with Crippen LogP contribution in [0.1, 0.15) is 24.8 Å². The zero-order valence-electron chi connectivity index (χ0n) is 7.46.